The molecule has 2 aliphatic heterocycles. The van der Waals surface area contributed by atoms with E-state index in [1.807, 2.05) is 0 Å². The first kappa shape index (κ1) is 13.1. The van der Waals surface area contributed by atoms with Crippen LogP contribution in [0.25, 0.3) is 0 Å². The highest BCUT2D eigenvalue weighted by atomic mass is 15.2. The zero-order chi connectivity index (χ0) is 13.3. The van der Waals surface area contributed by atoms with Crippen molar-refractivity contribution in [1.29, 1.82) is 0 Å². The fourth-order valence-electron chi connectivity index (χ4n) is 3.75. The van der Waals surface area contributed by atoms with Crippen LogP contribution in [-0.2, 0) is 6.54 Å². The Labute approximate surface area is 117 Å². The number of hydrogen-bond acceptors (Lipinski definition) is 2. The van der Waals surface area contributed by atoms with Crippen molar-refractivity contribution in [3.8, 4) is 0 Å². The Hall–Kier alpha value is -0.860. The number of likely N-dealkylation sites (tertiary alicyclic amines) is 2. The van der Waals surface area contributed by atoms with Gasteiger partial charge in [-0.25, -0.2) is 0 Å². The van der Waals surface area contributed by atoms with Crippen molar-refractivity contribution in [1.82, 2.24) is 9.80 Å². The van der Waals surface area contributed by atoms with Crippen LogP contribution in [0.5, 0.6) is 0 Å². The molecule has 3 rings (SSSR count). The van der Waals surface area contributed by atoms with Gasteiger partial charge in [-0.2, -0.15) is 0 Å². The van der Waals surface area contributed by atoms with Crippen LogP contribution in [0.1, 0.15) is 32.3 Å². The first-order valence-corrected chi connectivity index (χ1v) is 7.67. The molecule has 19 heavy (non-hydrogen) atoms. The lowest BCUT2D eigenvalue weighted by Gasteiger charge is -2.26. The highest BCUT2D eigenvalue weighted by Crippen LogP contribution is 2.40. The molecule has 0 bridgehead atoms. The van der Waals surface area contributed by atoms with Crippen LogP contribution >= 0.6 is 0 Å². The second-order valence-corrected chi connectivity index (χ2v) is 6.76. The predicted molar refractivity (Wildman–Crippen MR) is 80.1 cm³/mol. The van der Waals surface area contributed by atoms with E-state index >= 15 is 0 Å². The highest BCUT2D eigenvalue weighted by molar-refractivity contribution is 5.15. The van der Waals surface area contributed by atoms with Gasteiger partial charge in [-0.05, 0) is 50.8 Å². The second-order valence-electron chi connectivity index (χ2n) is 6.76. The lowest BCUT2D eigenvalue weighted by Crippen LogP contribution is -2.33. The van der Waals surface area contributed by atoms with Gasteiger partial charge in [-0.1, -0.05) is 30.3 Å². The maximum absolute atomic E-state index is 2.66. The zero-order valence-corrected chi connectivity index (χ0v) is 12.3. The lowest BCUT2D eigenvalue weighted by molar-refractivity contribution is 0.214. The van der Waals surface area contributed by atoms with Crippen LogP contribution < -0.4 is 0 Å². The van der Waals surface area contributed by atoms with Crippen LogP contribution in [0.4, 0.5) is 0 Å². The molecule has 2 saturated heterocycles. The summed E-state index contributed by atoms with van der Waals surface area (Å²) in [6.07, 6.45) is 2.79. The summed E-state index contributed by atoms with van der Waals surface area (Å²) >= 11 is 0. The van der Waals surface area contributed by atoms with Crippen molar-refractivity contribution >= 4 is 0 Å². The van der Waals surface area contributed by atoms with E-state index in [-0.39, 0.29) is 0 Å². The SMILES string of the molecule is CC(C)N1CCC2(CCN(Cc3ccccc3)C2)C1. The quantitative estimate of drug-likeness (QED) is 0.822. The van der Waals surface area contributed by atoms with E-state index in [4.69, 9.17) is 0 Å². The topological polar surface area (TPSA) is 6.48 Å². The third kappa shape index (κ3) is 2.85. The zero-order valence-electron chi connectivity index (χ0n) is 12.3. The minimum atomic E-state index is 0.596. The summed E-state index contributed by atoms with van der Waals surface area (Å²) < 4.78 is 0. The smallest absolute Gasteiger partial charge is 0.0233 e. The molecular weight excluding hydrogens is 232 g/mol. The van der Waals surface area contributed by atoms with Gasteiger partial charge in [0.05, 0.1) is 0 Å². The molecule has 1 aromatic rings. The largest absolute Gasteiger partial charge is 0.300 e. The molecule has 2 nitrogen and oxygen atoms in total. The minimum Gasteiger partial charge on any atom is -0.300 e. The second kappa shape index (κ2) is 5.26. The van der Waals surface area contributed by atoms with E-state index < -0.39 is 0 Å². The van der Waals surface area contributed by atoms with Gasteiger partial charge < -0.3 is 4.90 Å². The number of nitrogens with zero attached hydrogens (tertiary/aromatic N) is 2. The molecule has 2 heteroatoms. The van der Waals surface area contributed by atoms with Gasteiger partial charge in [0.1, 0.15) is 0 Å². The fraction of sp³-hybridized carbons (Fsp3) is 0.647. The summed E-state index contributed by atoms with van der Waals surface area (Å²) in [7, 11) is 0. The van der Waals surface area contributed by atoms with Gasteiger partial charge in [0.15, 0.2) is 0 Å². The van der Waals surface area contributed by atoms with Gasteiger partial charge >= 0.3 is 0 Å². The molecule has 0 aromatic heterocycles. The molecule has 2 fully saturated rings. The maximum Gasteiger partial charge on any atom is 0.0233 e. The Morgan fingerprint density at radius 2 is 1.79 bits per heavy atom. The molecule has 0 amide bonds. The van der Waals surface area contributed by atoms with E-state index in [2.05, 4.69) is 54.0 Å². The van der Waals surface area contributed by atoms with Crippen molar-refractivity contribution in [2.75, 3.05) is 26.2 Å². The van der Waals surface area contributed by atoms with Crippen LogP contribution in [0.2, 0.25) is 0 Å². The molecule has 0 aliphatic carbocycles. The standard InChI is InChI=1S/C17H26N2/c1-15(2)19-11-9-17(14-19)8-10-18(13-17)12-16-6-4-3-5-7-16/h3-7,15H,8-14H2,1-2H3. The summed E-state index contributed by atoms with van der Waals surface area (Å²) in [6, 6.07) is 11.6. The summed E-state index contributed by atoms with van der Waals surface area (Å²) in [5.41, 5.74) is 2.05. The average Bonchev–Trinajstić information content (AvgIpc) is 2.99. The summed E-state index contributed by atoms with van der Waals surface area (Å²) in [4.78, 5) is 5.31. The fourth-order valence-corrected chi connectivity index (χ4v) is 3.75. The van der Waals surface area contributed by atoms with Crippen LogP contribution in [0.3, 0.4) is 0 Å². The predicted octanol–water partition coefficient (Wildman–Crippen LogP) is 2.99. The van der Waals surface area contributed by atoms with E-state index in [0.29, 0.717) is 11.5 Å². The van der Waals surface area contributed by atoms with Crippen molar-refractivity contribution in [2.24, 2.45) is 5.41 Å². The molecule has 0 radical (unpaired) electrons. The lowest BCUT2D eigenvalue weighted by atomic mass is 9.86. The Morgan fingerprint density at radius 1 is 1.05 bits per heavy atom. The molecule has 2 aliphatic rings. The molecule has 1 aromatic carbocycles. The summed E-state index contributed by atoms with van der Waals surface area (Å²) in [5.74, 6) is 0. The third-order valence-corrected chi connectivity index (χ3v) is 4.96. The Morgan fingerprint density at radius 3 is 2.47 bits per heavy atom. The van der Waals surface area contributed by atoms with Crippen molar-refractivity contribution in [2.45, 2.75) is 39.3 Å². The summed E-state index contributed by atoms with van der Waals surface area (Å²) in [5, 5.41) is 0. The van der Waals surface area contributed by atoms with E-state index in [1.54, 1.807) is 0 Å². The van der Waals surface area contributed by atoms with Gasteiger partial charge in [0.2, 0.25) is 0 Å². The monoisotopic (exact) mass is 258 g/mol. The van der Waals surface area contributed by atoms with E-state index in [1.165, 1.54) is 44.6 Å². The molecule has 1 spiro atoms. The van der Waals surface area contributed by atoms with Gasteiger partial charge in [-0.3, -0.25) is 4.90 Å². The minimum absolute atomic E-state index is 0.596. The van der Waals surface area contributed by atoms with E-state index in [0.717, 1.165) is 6.54 Å². The van der Waals surface area contributed by atoms with Crippen LogP contribution in [0, 0.1) is 5.41 Å². The molecule has 104 valence electrons. The third-order valence-electron chi connectivity index (χ3n) is 4.96. The van der Waals surface area contributed by atoms with Crippen LogP contribution in [0.15, 0.2) is 30.3 Å². The van der Waals surface area contributed by atoms with Crippen molar-refractivity contribution in [3.63, 3.8) is 0 Å². The van der Waals surface area contributed by atoms with Crippen molar-refractivity contribution in [3.05, 3.63) is 35.9 Å². The molecule has 1 unspecified atom stereocenters. The number of hydrogen-bond donors (Lipinski definition) is 0. The van der Waals surface area contributed by atoms with Gasteiger partial charge in [0.25, 0.3) is 0 Å². The number of rotatable bonds is 3. The van der Waals surface area contributed by atoms with Crippen LogP contribution in [-0.4, -0.2) is 42.0 Å². The maximum atomic E-state index is 2.66. The molecule has 2 heterocycles. The molecule has 0 saturated carbocycles. The molecule has 1 atom stereocenters. The summed E-state index contributed by atoms with van der Waals surface area (Å²) in [6.45, 7) is 11.0. The van der Waals surface area contributed by atoms with Gasteiger partial charge in [-0.15, -0.1) is 0 Å². The first-order chi connectivity index (χ1) is 9.17. The van der Waals surface area contributed by atoms with Crippen molar-refractivity contribution < 1.29 is 0 Å². The molecular formula is C17H26N2. The average molecular weight is 258 g/mol. The molecule has 0 N–H and O–H groups in total. The number of benzene rings is 1. The Balaban J connectivity index is 1.59. The normalized spacial score (nSPS) is 28.8. The van der Waals surface area contributed by atoms with E-state index in [9.17, 15) is 0 Å². The van der Waals surface area contributed by atoms with Gasteiger partial charge in [0, 0.05) is 25.7 Å². The Bertz CT molecular complexity index is 415. The highest BCUT2D eigenvalue weighted by Gasteiger charge is 2.43. The Kier molecular flexibility index (Phi) is 3.64. The first-order valence-electron chi connectivity index (χ1n) is 7.67.